The van der Waals surface area contributed by atoms with E-state index in [1.54, 1.807) is 30.3 Å². The first-order chi connectivity index (χ1) is 19.9. The number of hydrogen-bond donors (Lipinski definition) is 1. The first kappa shape index (κ1) is 25.9. The van der Waals surface area contributed by atoms with Crippen molar-refractivity contribution in [2.75, 3.05) is 12.1 Å². The van der Waals surface area contributed by atoms with Crippen molar-refractivity contribution >= 4 is 28.5 Å². The van der Waals surface area contributed by atoms with E-state index in [9.17, 15) is 18.4 Å². The van der Waals surface area contributed by atoms with E-state index in [1.165, 1.54) is 58.1 Å². The maximum atomic E-state index is 14.0. The second-order valence-corrected chi connectivity index (χ2v) is 9.40. The van der Waals surface area contributed by atoms with Gasteiger partial charge in [0.05, 0.1) is 5.52 Å². The molecule has 1 aliphatic rings. The van der Waals surface area contributed by atoms with Crippen LogP contribution in [-0.2, 0) is 22.7 Å². The summed E-state index contributed by atoms with van der Waals surface area (Å²) in [4.78, 5) is 29.3. The number of amides is 2. The lowest BCUT2D eigenvalue weighted by molar-refractivity contribution is -0.140. The van der Waals surface area contributed by atoms with Crippen molar-refractivity contribution in [2.45, 2.75) is 19.1 Å². The number of hydrogen-bond acceptors (Lipinski definition) is 6. The first-order valence-corrected chi connectivity index (χ1v) is 12.7. The van der Waals surface area contributed by atoms with Gasteiger partial charge in [0.25, 0.3) is 5.91 Å². The molecule has 41 heavy (non-hydrogen) atoms. The highest BCUT2D eigenvalue weighted by molar-refractivity contribution is 5.98. The van der Waals surface area contributed by atoms with E-state index in [0.29, 0.717) is 39.3 Å². The number of carbonyl (C=O) groups excluding carboxylic acids is 2. The third-order valence-electron chi connectivity index (χ3n) is 6.68. The summed E-state index contributed by atoms with van der Waals surface area (Å²) in [5, 5.41) is 11.1. The van der Waals surface area contributed by atoms with E-state index in [4.69, 9.17) is 9.47 Å². The zero-order valence-corrected chi connectivity index (χ0v) is 21.5. The molecule has 206 valence electrons. The molecule has 1 N–H and O–H groups in total. The molecule has 0 fully saturated rings. The van der Waals surface area contributed by atoms with Crippen LogP contribution in [0.15, 0.2) is 91.0 Å². The fraction of sp³-hybridized carbons (Fsp3) is 0.133. The molecule has 2 amide bonds. The van der Waals surface area contributed by atoms with Crippen LogP contribution < -0.4 is 14.8 Å². The van der Waals surface area contributed by atoms with E-state index < -0.39 is 29.5 Å². The summed E-state index contributed by atoms with van der Waals surface area (Å²) in [6.07, 6.45) is 0. The molecule has 0 aliphatic carbocycles. The Kier molecular flexibility index (Phi) is 6.99. The lowest BCUT2D eigenvalue weighted by atomic mass is 10.0. The second kappa shape index (κ2) is 11.0. The average Bonchev–Trinajstić information content (AvgIpc) is 3.61. The van der Waals surface area contributed by atoms with Crippen molar-refractivity contribution in [1.82, 2.24) is 19.9 Å². The Morgan fingerprint density at radius 1 is 0.902 bits per heavy atom. The number of carbonyl (C=O) groups is 2. The molecule has 0 saturated heterocycles. The fourth-order valence-corrected chi connectivity index (χ4v) is 4.67. The molecule has 0 bridgehead atoms. The van der Waals surface area contributed by atoms with E-state index in [1.807, 2.05) is 12.1 Å². The maximum Gasteiger partial charge on any atom is 0.251 e. The number of anilines is 1. The van der Waals surface area contributed by atoms with Crippen molar-refractivity contribution in [1.29, 1.82) is 0 Å². The first-order valence-electron chi connectivity index (χ1n) is 12.7. The van der Waals surface area contributed by atoms with Gasteiger partial charge in [-0.3, -0.25) is 9.59 Å². The van der Waals surface area contributed by atoms with Crippen LogP contribution in [0.3, 0.4) is 0 Å². The molecule has 1 atom stereocenters. The molecule has 0 spiro atoms. The standard InChI is InChI=1S/C30H23F2N5O4/c31-21-9-5-19(6-10-21)16-36(28(38)17-37-25-4-2-1-3-24(25)34-35-37)29(20-7-11-22(32)12-8-20)30(39)33-23-13-14-26-27(15-23)41-18-40-26/h1-15,29H,16-18H2,(H,33,39)/t29-/m0/s1. The lowest BCUT2D eigenvalue weighted by Gasteiger charge is -2.31. The van der Waals surface area contributed by atoms with Gasteiger partial charge in [0.1, 0.15) is 29.7 Å². The van der Waals surface area contributed by atoms with Gasteiger partial charge in [-0.25, -0.2) is 13.5 Å². The Morgan fingerprint density at radius 2 is 1.61 bits per heavy atom. The van der Waals surface area contributed by atoms with Crippen LogP contribution in [0.1, 0.15) is 17.2 Å². The van der Waals surface area contributed by atoms with Crippen LogP contribution in [0.2, 0.25) is 0 Å². The molecule has 1 aromatic heterocycles. The number of ether oxygens (including phenoxy) is 2. The smallest absolute Gasteiger partial charge is 0.251 e. The summed E-state index contributed by atoms with van der Waals surface area (Å²) in [6.45, 7) is -0.194. The van der Waals surface area contributed by atoms with Gasteiger partial charge < -0.3 is 19.7 Å². The molecule has 2 heterocycles. The Hall–Kier alpha value is -5.32. The Labute approximate surface area is 232 Å². The quantitative estimate of drug-likeness (QED) is 0.294. The van der Waals surface area contributed by atoms with Gasteiger partial charge in [-0.1, -0.05) is 41.6 Å². The average molecular weight is 556 g/mol. The summed E-state index contributed by atoms with van der Waals surface area (Å²) in [5.41, 5.74) is 2.64. The number of fused-ring (bicyclic) bond motifs is 2. The van der Waals surface area contributed by atoms with Crippen molar-refractivity contribution in [3.63, 3.8) is 0 Å². The Morgan fingerprint density at radius 3 is 2.39 bits per heavy atom. The minimum Gasteiger partial charge on any atom is -0.454 e. The highest BCUT2D eigenvalue weighted by atomic mass is 19.1. The van der Waals surface area contributed by atoms with E-state index in [0.717, 1.165) is 0 Å². The van der Waals surface area contributed by atoms with E-state index in [-0.39, 0.29) is 19.9 Å². The van der Waals surface area contributed by atoms with Gasteiger partial charge >= 0.3 is 0 Å². The van der Waals surface area contributed by atoms with Gasteiger partial charge in [-0.05, 0) is 59.7 Å². The molecule has 6 rings (SSSR count). The molecule has 11 heteroatoms. The van der Waals surface area contributed by atoms with Gasteiger partial charge in [0.2, 0.25) is 12.7 Å². The molecular weight excluding hydrogens is 532 g/mol. The summed E-state index contributed by atoms with van der Waals surface area (Å²) in [7, 11) is 0. The van der Waals surface area contributed by atoms with Crippen LogP contribution in [0.25, 0.3) is 11.0 Å². The van der Waals surface area contributed by atoms with Gasteiger partial charge in [-0.2, -0.15) is 0 Å². The van der Waals surface area contributed by atoms with Crippen LogP contribution in [-0.4, -0.2) is 38.5 Å². The number of rotatable bonds is 8. The summed E-state index contributed by atoms with van der Waals surface area (Å²) in [6, 6.07) is 21.9. The Balaban J connectivity index is 1.38. The Bertz CT molecular complexity index is 1720. The molecule has 5 aromatic rings. The van der Waals surface area contributed by atoms with Gasteiger partial charge in [0, 0.05) is 18.3 Å². The molecule has 4 aromatic carbocycles. The second-order valence-electron chi connectivity index (χ2n) is 9.40. The highest BCUT2D eigenvalue weighted by Gasteiger charge is 2.33. The molecular formula is C30H23F2N5O4. The van der Waals surface area contributed by atoms with E-state index in [2.05, 4.69) is 15.6 Å². The van der Waals surface area contributed by atoms with Gasteiger partial charge in [-0.15, -0.1) is 5.10 Å². The predicted octanol–water partition coefficient (Wildman–Crippen LogP) is 4.85. The number of halogens is 2. The number of para-hydroxylation sites is 1. The number of nitrogens with one attached hydrogen (secondary N) is 1. The SMILES string of the molecule is O=C(Nc1ccc2c(c1)OCO2)[C@H](c1ccc(F)cc1)N(Cc1ccc(F)cc1)C(=O)Cn1nnc2ccccc21. The third-order valence-corrected chi connectivity index (χ3v) is 6.68. The maximum absolute atomic E-state index is 14.0. The number of nitrogens with zero attached hydrogens (tertiary/aromatic N) is 4. The fourth-order valence-electron chi connectivity index (χ4n) is 4.67. The van der Waals surface area contributed by atoms with Gasteiger partial charge in [0.15, 0.2) is 11.5 Å². The minimum absolute atomic E-state index is 0.0393. The normalized spacial score (nSPS) is 12.7. The molecule has 0 unspecified atom stereocenters. The number of aromatic nitrogens is 3. The minimum atomic E-state index is -1.19. The van der Waals surface area contributed by atoms with Crippen molar-refractivity contribution in [2.24, 2.45) is 0 Å². The summed E-state index contributed by atoms with van der Waals surface area (Å²) in [5.74, 6) is -0.912. The van der Waals surface area contributed by atoms with Crippen LogP contribution in [0.4, 0.5) is 14.5 Å². The van der Waals surface area contributed by atoms with Crippen molar-refractivity contribution in [3.8, 4) is 11.5 Å². The highest BCUT2D eigenvalue weighted by Crippen LogP contribution is 2.35. The van der Waals surface area contributed by atoms with Crippen LogP contribution >= 0.6 is 0 Å². The van der Waals surface area contributed by atoms with Crippen LogP contribution in [0.5, 0.6) is 11.5 Å². The molecule has 0 saturated carbocycles. The lowest BCUT2D eigenvalue weighted by Crippen LogP contribution is -2.42. The molecule has 0 radical (unpaired) electrons. The zero-order valence-electron chi connectivity index (χ0n) is 21.5. The van der Waals surface area contributed by atoms with Crippen molar-refractivity contribution in [3.05, 3.63) is 114 Å². The van der Waals surface area contributed by atoms with Crippen molar-refractivity contribution < 1.29 is 27.8 Å². The molecule has 1 aliphatic heterocycles. The number of benzene rings is 4. The van der Waals surface area contributed by atoms with Crippen LogP contribution in [0, 0.1) is 11.6 Å². The topological polar surface area (TPSA) is 98.6 Å². The van der Waals surface area contributed by atoms with E-state index >= 15 is 0 Å². The summed E-state index contributed by atoms with van der Waals surface area (Å²) < 4.78 is 39.8. The largest absolute Gasteiger partial charge is 0.454 e. The summed E-state index contributed by atoms with van der Waals surface area (Å²) >= 11 is 0. The third kappa shape index (κ3) is 5.55. The zero-order chi connectivity index (χ0) is 28.3. The molecule has 9 nitrogen and oxygen atoms in total. The monoisotopic (exact) mass is 555 g/mol. The predicted molar refractivity (Wildman–Crippen MR) is 145 cm³/mol.